The van der Waals surface area contributed by atoms with Gasteiger partial charge >= 0.3 is 0 Å². The third-order valence-electron chi connectivity index (χ3n) is 3.95. The molecule has 19 heavy (non-hydrogen) atoms. The first-order valence-electron chi connectivity index (χ1n) is 6.89. The Balaban J connectivity index is 1.97. The number of rotatable bonds is 4. The lowest BCUT2D eigenvalue weighted by Crippen LogP contribution is -2.33. The largest absolute Gasteiger partial charge is 0.361 e. The minimum absolute atomic E-state index is 0.214. The second kappa shape index (κ2) is 5.05. The van der Waals surface area contributed by atoms with Crippen LogP contribution in [0.2, 0.25) is 0 Å². The molecule has 0 radical (unpaired) electrons. The number of anilines is 1. The van der Waals surface area contributed by atoms with Crippen LogP contribution >= 0.6 is 0 Å². The van der Waals surface area contributed by atoms with Crippen LogP contribution in [0.1, 0.15) is 24.2 Å². The molecule has 0 saturated heterocycles. The molecule has 1 aromatic heterocycles. The van der Waals surface area contributed by atoms with E-state index in [-0.39, 0.29) is 6.04 Å². The third-order valence-corrected chi connectivity index (χ3v) is 3.95. The lowest BCUT2D eigenvalue weighted by molar-refractivity contribution is 0.585. The molecule has 0 fully saturated rings. The van der Waals surface area contributed by atoms with Gasteiger partial charge in [-0.1, -0.05) is 18.2 Å². The van der Waals surface area contributed by atoms with E-state index in [1.807, 2.05) is 12.5 Å². The molecule has 1 aliphatic rings. The lowest BCUT2D eigenvalue weighted by Gasteiger charge is -2.30. The monoisotopic (exact) mass is 256 g/mol. The Hall–Kier alpha value is -1.81. The molecule has 0 spiro atoms. The molecule has 0 saturated carbocycles. The van der Waals surface area contributed by atoms with Gasteiger partial charge in [-0.15, -0.1) is 0 Å². The van der Waals surface area contributed by atoms with E-state index in [4.69, 9.17) is 5.73 Å². The van der Waals surface area contributed by atoms with Crippen molar-refractivity contribution >= 4 is 5.69 Å². The first-order chi connectivity index (χ1) is 9.35. The summed E-state index contributed by atoms with van der Waals surface area (Å²) in [7, 11) is 0. The highest BCUT2D eigenvalue weighted by Crippen LogP contribution is 2.34. The van der Waals surface area contributed by atoms with Gasteiger partial charge in [0.1, 0.15) is 0 Å². The SMILES string of the molecule is CCn1cncc1C(CN)N1CCc2ccccc21. The van der Waals surface area contributed by atoms with Crippen LogP contribution in [-0.4, -0.2) is 22.6 Å². The van der Waals surface area contributed by atoms with Crippen molar-refractivity contribution in [2.75, 3.05) is 18.0 Å². The number of aromatic nitrogens is 2. The van der Waals surface area contributed by atoms with Gasteiger partial charge in [-0.05, 0) is 25.0 Å². The van der Waals surface area contributed by atoms with Gasteiger partial charge in [0.25, 0.3) is 0 Å². The number of nitrogens with two attached hydrogens (primary N) is 1. The van der Waals surface area contributed by atoms with Crippen molar-refractivity contribution in [3.8, 4) is 0 Å². The fourth-order valence-electron chi connectivity index (χ4n) is 2.97. The highest BCUT2D eigenvalue weighted by molar-refractivity contribution is 5.59. The Kier molecular flexibility index (Phi) is 3.25. The molecule has 1 unspecified atom stereocenters. The zero-order valence-electron chi connectivity index (χ0n) is 11.3. The third kappa shape index (κ3) is 2.02. The summed E-state index contributed by atoms with van der Waals surface area (Å²) in [5, 5.41) is 0. The molecule has 2 aromatic rings. The number of hydrogen-bond acceptors (Lipinski definition) is 3. The van der Waals surface area contributed by atoms with Crippen molar-refractivity contribution in [1.29, 1.82) is 0 Å². The molecule has 2 heterocycles. The summed E-state index contributed by atoms with van der Waals surface area (Å²) >= 11 is 0. The van der Waals surface area contributed by atoms with E-state index in [2.05, 4.69) is 45.6 Å². The Labute approximate surface area is 113 Å². The smallest absolute Gasteiger partial charge is 0.0948 e. The second-order valence-electron chi connectivity index (χ2n) is 4.93. The summed E-state index contributed by atoms with van der Waals surface area (Å²) in [5.74, 6) is 0. The van der Waals surface area contributed by atoms with Gasteiger partial charge in [0.2, 0.25) is 0 Å². The first-order valence-corrected chi connectivity index (χ1v) is 6.89. The normalized spacial score (nSPS) is 15.6. The molecule has 3 rings (SSSR count). The zero-order chi connectivity index (χ0) is 13.2. The van der Waals surface area contributed by atoms with Crippen molar-refractivity contribution in [2.24, 2.45) is 5.73 Å². The number of imidazole rings is 1. The molecule has 4 nitrogen and oxygen atoms in total. The summed E-state index contributed by atoms with van der Waals surface area (Å²) in [6.07, 6.45) is 4.94. The summed E-state index contributed by atoms with van der Waals surface area (Å²) in [6.45, 7) is 4.72. The van der Waals surface area contributed by atoms with Gasteiger partial charge in [-0.2, -0.15) is 0 Å². The predicted molar refractivity (Wildman–Crippen MR) is 77.2 cm³/mol. The van der Waals surface area contributed by atoms with Crippen LogP contribution in [0.4, 0.5) is 5.69 Å². The maximum absolute atomic E-state index is 6.04. The standard InChI is InChI=1S/C15H20N4/c1-2-18-11-17-10-15(18)14(9-16)19-8-7-12-5-3-4-6-13(12)19/h3-6,10-11,14H,2,7-9,16H2,1H3. The van der Waals surface area contributed by atoms with Crippen LogP contribution in [0.3, 0.4) is 0 Å². The molecule has 1 atom stereocenters. The van der Waals surface area contributed by atoms with Crippen LogP contribution in [0, 0.1) is 0 Å². The van der Waals surface area contributed by atoms with E-state index in [0.717, 1.165) is 19.5 Å². The van der Waals surface area contributed by atoms with Crippen molar-refractivity contribution < 1.29 is 0 Å². The summed E-state index contributed by atoms with van der Waals surface area (Å²) < 4.78 is 2.18. The Bertz CT molecular complexity index is 561. The van der Waals surface area contributed by atoms with Crippen LogP contribution in [-0.2, 0) is 13.0 Å². The predicted octanol–water partition coefficient (Wildman–Crippen LogP) is 1.97. The molecule has 100 valence electrons. The number of nitrogens with zero attached hydrogens (tertiary/aromatic N) is 3. The van der Waals surface area contributed by atoms with Crippen molar-refractivity contribution in [3.05, 3.63) is 48.0 Å². The average Bonchev–Trinajstić information content (AvgIpc) is 3.07. The minimum Gasteiger partial charge on any atom is -0.361 e. The molecular formula is C15H20N4. The van der Waals surface area contributed by atoms with Gasteiger partial charge < -0.3 is 15.2 Å². The van der Waals surface area contributed by atoms with Gasteiger partial charge in [0, 0.05) is 25.3 Å². The number of fused-ring (bicyclic) bond motifs is 1. The summed E-state index contributed by atoms with van der Waals surface area (Å²) in [4.78, 5) is 6.69. The van der Waals surface area contributed by atoms with Crippen LogP contribution in [0.5, 0.6) is 0 Å². The van der Waals surface area contributed by atoms with Gasteiger partial charge in [0.05, 0.1) is 24.3 Å². The van der Waals surface area contributed by atoms with Crippen molar-refractivity contribution in [2.45, 2.75) is 25.9 Å². The summed E-state index contributed by atoms with van der Waals surface area (Å²) in [6, 6.07) is 8.82. The van der Waals surface area contributed by atoms with E-state index in [9.17, 15) is 0 Å². The Morgan fingerprint density at radius 2 is 2.21 bits per heavy atom. The first kappa shape index (κ1) is 12.2. The molecule has 2 N–H and O–H groups in total. The second-order valence-corrected chi connectivity index (χ2v) is 4.93. The van der Waals surface area contributed by atoms with Crippen LogP contribution in [0.15, 0.2) is 36.8 Å². The van der Waals surface area contributed by atoms with Gasteiger partial charge in [0.15, 0.2) is 0 Å². The molecule has 1 aromatic carbocycles. The van der Waals surface area contributed by atoms with E-state index in [1.54, 1.807) is 0 Å². The fraction of sp³-hybridized carbons (Fsp3) is 0.400. The lowest BCUT2D eigenvalue weighted by atomic mass is 10.1. The highest BCUT2D eigenvalue weighted by atomic mass is 15.2. The maximum Gasteiger partial charge on any atom is 0.0948 e. The number of benzene rings is 1. The van der Waals surface area contributed by atoms with E-state index >= 15 is 0 Å². The average molecular weight is 256 g/mol. The fourth-order valence-corrected chi connectivity index (χ4v) is 2.97. The van der Waals surface area contributed by atoms with Crippen LogP contribution < -0.4 is 10.6 Å². The highest BCUT2D eigenvalue weighted by Gasteiger charge is 2.27. The number of para-hydroxylation sites is 1. The van der Waals surface area contributed by atoms with Gasteiger partial charge in [-0.3, -0.25) is 0 Å². The Morgan fingerprint density at radius 3 is 3.00 bits per heavy atom. The Morgan fingerprint density at radius 1 is 1.37 bits per heavy atom. The molecular weight excluding hydrogens is 236 g/mol. The molecule has 1 aliphatic heterocycles. The molecule has 0 aliphatic carbocycles. The maximum atomic E-state index is 6.04. The van der Waals surface area contributed by atoms with Crippen molar-refractivity contribution in [3.63, 3.8) is 0 Å². The van der Waals surface area contributed by atoms with E-state index in [0.29, 0.717) is 6.54 Å². The van der Waals surface area contributed by atoms with Crippen molar-refractivity contribution in [1.82, 2.24) is 9.55 Å². The summed E-state index contributed by atoms with van der Waals surface area (Å²) in [5.41, 5.74) is 9.99. The quantitative estimate of drug-likeness (QED) is 0.909. The van der Waals surface area contributed by atoms with E-state index < -0.39 is 0 Å². The molecule has 4 heteroatoms. The number of aryl methyl sites for hydroxylation is 1. The van der Waals surface area contributed by atoms with Gasteiger partial charge in [-0.25, -0.2) is 4.98 Å². The molecule has 0 amide bonds. The topological polar surface area (TPSA) is 47.1 Å². The van der Waals surface area contributed by atoms with E-state index in [1.165, 1.54) is 16.9 Å². The van der Waals surface area contributed by atoms with Crippen LogP contribution in [0.25, 0.3) is 0 Å². The zero-order valence-corrected chi connectivity index (χ0v) is 11.3. The minimum atomic E-state index is 0.214. The number of hydrogen-bond donors (Lipinski definition) is 1. The molecule has 0 bridgehead atoms.